The summed E-state index contributed by atoms with van der Waals surface area (Å²) in [7, 11) is 0. The smallest absolute Gasteiger partial charge is 0.214 e. The molecule has 0 radical (unpaired) electrons. The van der Waals surface area contributed by atoms with Gasteiger partial charge >= 0.3 is 0 Å². The third kappa shape index (κ3) is 3.89. The highest BCUT2D eigenvalue weighted by Gasteiger charge is 2.17. The molecule has 0 saturated carbocycles. The first kappa shape index (κ1) is 16.0. The molecule has 5 nitrogen and oxygen atoms in total. The second-order valence-corrected chi connectivity index (χ2v) is 5.39. The molecule has 24 heavy (non-hydrogen) atoms. The van der Waals surface area contributed by atoms with Crippen LogP contribution in [0.4, 0.5) is 15.9 Å². The first-order chi connectivity index (χ1) is 11.8. The van der Waals surface area contributed by atoms with Gasteiger partial charge in [0.2, 0.25) is 5.95 Å². The van der Waals surface area contributed by atoms with Crippen molar-refractivity contribution in [2.24, 2.45) is 0 Å². The summed E-state index contributed by atoms with van der Waals surface area (Å²) < 4.78 is 13.0. The molecular formula is C18H17FN4O. The molecule has 2 N–H and O–H groups in total. The fraction of sp³-hybridized carbons (Fsp3) is 0.222. The van der Waals surface area contributed by atoms with Crippen LogP contribution < -0.4 is 10.4 Å². The van der Waals surface area contributed by atoms with Crippen molar-refractivity contribution in [2.45, 2.75) is 12.8 Å². The van der Waals surface area contributed by atoms with E-state index in [1.54, 1.807) is 30.5 Å². The highest BCUT2D eigenvalue weighted by atomic mass is 19.1. The number of halogens is 1. The van der Waals surface area contributed by atoms with E-state index in [0.717, 1.165) is 31.7 Å². The first-order valence-electron chi connectivity index (χ1n) is 7.68. The van der Waals surface area contributed by atoms with Crippen LogP contribution in [0, 0.1) is 17.8 Å². The van der Waals surface area contributed by atoms with Crippen LogP contribution >= 0.6 is 0 Å². The Morgan fingerprint density at radius 3 is 2.79 bits per heavy atom. The molecule has 0 unspecified atom stereocenters. The second-order valence-electron chi connectivity index (χ2n) is 5.39. The summed E-state index contributed by atoms with van der Waals surface area (Å²) in [6, 6.07) is 8.13. The van der Waals surface area contributed by atoms with Crippen molar-refractivity contribution in [3.8, 4) is 11.8 Å². The minimum absolute atomic E-state index is 0.427. The Bertz CT molecular complexity index is 800. The van der Waals surface area contributed by atoms with Gasteiger partial charge in [0, 0.05) is 19.3 Å². The third-order valence-electron chi connectivity index (χ3n) is 3.80. The SMILES string of the molecule is ONc1cccnc1N1CCC(=CC#Cc2cccc(F)n2)CC1. The number of hydrogen-bond donors (Lipinski definition) is 2. The van der Waals surface area contributed by atoms with Gasteiger partial charge < -0.3 is 4.90 Å². The number of pyridine rings is 2. The standard InChI is InChI=1S/C18H17FN4O/c19-17-8-2-6-15(21-17)5-1-4-14-9-12-23(13-10-14)18-16(22-24)7-3-11-20-18/h2-4,6-8,11,22,24H,9-10,12-13H2. The van der Waals surface area contributed by atoms with E-state index in [2.05, 4.69) is 32.2 Å². The van der Waals surface area contributed by atoms with Crippen LogP contribution in [0.5, 0.6) is 0 Å². The van der Waals surface area contributed by atoms with E-state index in [1.807, 2.05) is 6.08 Å². The molecule has 2 aromatic rings. The molecule has 0 spiro atoms. The number of nitrogens with one attached hydrogen (secondary N) is 1. The van der Waals surface area contributed by atoms with E-state index < -0.39 is 5.95 Å². The summed E-state index contributed by atoms with van der Waals surface area (Å²) in [6.07, 6.45) is 5.33. The Morgan fingerprint density at radius 2 is 2.04 bits per heavy atom. The van der Waals surface area contributed by atoms with Crippen LogP contribution in [0.15, 0.2) is 48.2 Å². The minimum Gasteiger partial charge on any atom is -0.354 e. The Kier molecular flexibility index (Phi) is 5.04. The summed E-state index contributed by atoms with van der Waals surface area (Å²) in [4.78, 5) is 10.2. The average Bonchev–Trinajstić information content (AvgIpc) is 2.62. The molecule has 122 valence electrons. The molecule has 1 aliphatic heterocycles. The van der Waals surface area contributed by atoms with E-state index in [0.29, 0.717) is 11.4 Å². The minimum atomic E-state index is -0.522. The van der Waals surface area contributed by atoms with Crippen LogP contribution in [0.3, 0.4) is 0 Å². The Morgan fingerprint density at radius 1 is 1.21 bits per heavy atom. The number of aromatic nitrogens is 2. The number of piperidine rings is 1. The van der Waals surface area contributed by atoms with E-state index in [9.17, 15) is 4.39 Å². The average molecular weight is 324 g/mol. The Hall–Kier alpha value is -2.91. The van der Waals surface area contributed by atoms with E-state index in [4.69, 9.17) is 5.21 Å². The zero-order valence-electron chi connectivity index (χ0n) is 13.0. The van der Waals surface area contributed by atoms with Crippen molar-refractivity contribution in [2.75, 3.05) is 23.5 Å². The quantitative estimate of drug-likeness (QED) is 0.505. The molecule has 1 fully saturated rings. The predicted molar refractivity (Wildman–Crippen MR) is 90.2 cm³/mol. The molecule has 2 aromatic heterocycles. The molecule has 6 heteroatoms. The van der Waals surface area contributed by atoms with E-state index in [1.165, 1.54) is 11.6 Å². The highest BCUT2D eigenvalue weighted by Crippen LogP contribution is 2.26. The fourth-order valence-electron chi connectivity index (χ4n) is 2.58. The number of anilines is 2. The van der Waals surface area contributed by atoms with Crippen molar-refractivity contribution in [3.63, 3.8) is 0 Å². The Balaban J connectivity index is 1.63. The van der Waals surface area contributed by atoms with Gasteiger partial charge in [-0.25, -0.2) is 9.97 Å². The molecular weight excluding hydrogens is 307 g/mol. The lowest BCUT2D eigenvalue weighted by Gasteiger charge is -2.30. The van der Waals surface area contributed by atoms with Crippen molar-refractivity contribution in [1.82, 2.24) is 9.97 Å². The lowest BCUT2D eigenvalue weighted by Crippen LogP contribution is -2.31. The normalized spacial score (nSPS) is 13.9. The number of hydrogen-bond acceptors (Lipinski definition) is 5. The van der Waals surface area contributed by atoms with Crippen molar-refractivity contribution in [1.29, 1.82) is 0 Å². The topological polar surface area (TPSA) is 61.3 Å². The molecule has 0 amide bonds. The van der Waals surface area contributed by atoms with Crippen LogP contribution in [-0.4, -0.2) is 28.3 Å². The number of allylic oxidation sites excluding steroid dienone is 1. The van der Waals surface area contributed by atoms with Gasteiger partial charge in [-0.3, -0.25) is 10.7 Å². The van der Waals surface area contributed by atoms with Gasteiger partial charge in [0.05, 0.1) is 0 Å². The van der Waals surface area contributed by atoms with Gasteiger partial charge in [-0.1, -0.05) is 17.6 Å². The molecule has 3 rings (SSSR count). The molecule has 3 heterocycles. The second kappa shape index (κ2) is 7.57. The lowest BCUT2D eigenvalue weighted by molar-refractivity contribution is 0.388. The van der Waals surface area contributed by atoms with Crippen molar-refractivity contribution < 1.29 is 9.60 Å². The van der Waals surface area contributed by atoms with Crippen LogP contribution in [0.2, 0.25) is 0 Å². The fourth-order valence-corrected chi connectivity index (χ4v) is 2.58. The molecule has 0 aliphatic carbocycles. The maximum Gasteiger partial charge on any atom is 0.214 e. The molecule has 1 aliphatic rings. The van der Waals surface area contributed by atoms with E-state index in [-0.39, 0.29) is 0 Å². The monoisotopic (exact) mass is 324 g/mol. The van der Waals surface area contributed by atoms with Gasteiger partial charge in [0.1, 0.15) is 11.4 Å². The maximum atomic E-state index is 13.0. The molecule has 0 bridgehead atoms. The van der Waals surface area contributed by atoms with E-state index >= 15 is 0 Å². The van der Waals surface area contributed by atoms with Crippen LogP contribution in [0.1, 0.15) is 18.5 Å². The van der Waals surface area contributed by atoms with Crippen molar-refractivity contribution in [3.05, 3.63) is 59.8 Å². The largest absolute Gasteiger partial charge is 0.354 e. The van der Waals surface area contributed by atoms with Gasteiger partial charge in [-0.15, -0.1) is 0 Å². The molecule has 1 saturated heterocycles. The maximum absolute atomic E-state index is 13.0. The molecule has 0 atom stereocenters. The Labute approximate surface area is 139 Å². The molecule has 0 aromatic carbocycles. The zero-order valence-corrected chi connectivity index (χ0v) is 13.0. The summed E-state index contributed by atoms with van der Waals surface area (Å²) >= 11 is 0. The van der Waals surface area contributed by atoms with Crippen LogP contribution in [-0.2, 0) is 0 Å². The number of rotatable bonds is 2. The summed E-state index contributed by atoms with van der Waals surface area (Å²) in [6.45, 7) is 1.61. The lowest BCUT2D eigenvalue weighted by atomic mass is 10.0. The summed E-state index contributed by atoms with van der Waals surface area (Å²) in [5, 5.41) is 9.17. The first-order valence-corrected chi connectivity index (χ1v) is 7.68. The van der Waals surface area contributed by atoms with Gasteiger partial charge in [0.15, 0.2) is 5.82 Å². The predicted octanol–water partition coefficient (Wildman–Crippen LogP) is 3.00. The van der Waals surface area contributed by atoms with Crippen LogP contribution in [0.25, 0.3) is 0 Å². The number of nitrogens with zero attached hydrogens (tertiary/aromatic N) is 3. The van der Waals surface area contributed by atoms with Gasteiger partial charge in [-0.2, -0.15) is 4.39 Å². The van der Waals surface area contributed by atoms with Crippen molar-refractivity contribution >= 4 is 11.5 Å². The van der Waals surface area contributed by atoms with Gasteiger partial charge in [-0.05, 0) is 49.1 Å². The third-order valence-corrected chi connectivity index (χ3v) is 3.80. The summed E-state index contributed by atoms with van der Waals surface area (Å²) in [5.41, 5.74) is 4.45. The van der Waals surface area contributed by atoms with Gasteiger partial charge in [0.25, 0.3) is 0 Å². The highest BCUT2D eigenvalue weighted by molar-refractivity contribution is 5.64. The summed E-state index contributed by atoms with van der Waals surface area (Å²) in [5.74, 6) is 6.02. The zero-order chi connectivity index (χ0) is 16.8.